The Morgan fingerprint density at radius 2 is 1.71 bits per heavy atom. The van der Waals surface area contributed by atoms with Crippen LogP contribution < -0.4 is 5.32 Å². The number of benzene rings is 1. The summed E-state index contributed by atoms with van der Waals surface area (Å²) in [6.07, 6.45) is 7.69. The Hall–Kier alpha value is -0.540. The molecule has 0 atom stereocenters. The Morgan fingerprint density at radius 3 is 2.24 bits per heavy atom. The summed E-state index contributed by atoms with van der Waals surface area (Å²) in [5.74, 6) is 2.55. The van der Waals surface area contributed by atoms with Gasteiger partial charge in [-0.05, 0) is 90.4 Å². The molecule has 0 saturated heterocycles. The highest BCUT2D eigenvalue weighted by Gasteiger charge is 2.51. The second-order valence-electron chi connectivity index (χ2n) is 7.28. The topological polar surface area (TPSA) is 29.1 Å². The summed E-state index contributed by atoms with van der Waals surface area (Å²) in [5.41, 5.74) is 0.727. The van der Waals surface area contributed by atoms with Crippen molar-refractivity contribution < 1.29 is 4.79 Å². The highest BCUT2D eigenvalue weighted by atomic mass is 79.9. The first-order valence-corrected chi connectivity index (χ1v) is 8.98. The van der Waals surface area contributed by atoms with Gasteiger partial charge in [0.15, 0.2) is 0 Å². The lowest BCUT2D eigenvalue weighted by molar-refractivity contribution is -0.0167. The van der Waals surface area contributed by atoms with Crippen LogP contribution in [0, 0.1) is 17.8 Å². The molecule has 1 N–H and O–H groups in total. The van der Waals surface area contributed by atoms with Crippen molar-refractivity contribution in [2.45, 2.75) is 44.1 Å². The number of carbonyl (C=O) groups is 1. The smallest absolute Gasteiger partial charge is 0.251 e. The predicted octanol–water partition coefficient (Wildman–Crippen LogP) is 4.80. The Bertz CT molecular complexity index is 565. The van der Waals surface area contributed by atoms with Gasteiger partial charge in [0.1, 0.15) is 0 Å². The molecule has 1 aromatic rings. The van der Waals surface area contributed by atoms with Crippen LogP contribution in [0.25, 0.3) is 0 Å². The minimum atomic E-state index is 0.0337. The molecule has 0 spiro atoms. The van der Waals surface area contributed by atoms with Gasteiger partial charge in [0.05, 0.1) is 5.02 Å². The molecule has 0 radical (unpaired) electrons. The summed E-state index contributed by atoms with van der Waals surface area (Å²) in [6, 6.07) is 5.43. The molecular formula is C17H19BrClNO. The Balaban J connectivity index is 1.55. The molecule has 0 aromatic heterocycles. The third-order valence-corrected chi connectivity index (χ3v) is 6.83. The molecule has 0 heterocycles. The van der Waals surface area contributed by atoms with E-state index >= 15 is 0 Å². The van der Waals surface area contributed by atoms with Crippen LogP contribution in [0.5, 0.6) is 0 Å². The third-order valence-electron chi connectivity index (χ3n) is 5.60. The number of rotatable bonds is 2. The quantitative estimate of drug-likeness (QED) is 0.798. The average Bonchev–Trinajstić information content (AvgIpc) is 2.39. The summed E-state index contributed by atoms with van der Waals surface area (Å²) >= 11 is 9.48. The zero-order chi connectivity index (χ0) is 14.6. The lowest BCUT2D eigenvalue weighted by Crippen LogP contribution is -2.59. The van der Waals surface area contributed by atoms with E-state index in [-0.39, 0.29) is 11.4 Å². The molecule has 4 aliphatic carbocycles. The molecule has 0 unspecified atom stereocenters. The fourth-order valence-corrected chi connectivity index (χ4v) is 5.64. The van der Waals surface area contributed by atoms with Crippen molar-refractivity contribution in [3.63, 3.8) is 0 Å². The molecule has 2 nitrogen and oxygen atoms in total. The highest BCUT2D eigenvalue weighted by Crippen LogP contribution is 2.55. The number of amides is 1. The summed E-state index contributed by atoms with van der Waals surface area (Å²) < 4.78 is 0.829. The lowest BCUT2D eigenvalue weighted by atomic mass is 9.53. The zero-order valence-corrected chi connectivity index (χ0v) is 14.2. The molecule has 21 heavy (non-hydrogen) atoms. The molecular weight excluding hydrogens is 350 g/mol. The number of carbonyl (C=O) groups excluding carboxylic acids is 1. The van der Waals surface area contributed by atoms with Crippen LogP contribution in [0.2, 0.25) is 5.02 Å². The molecule has 112 valence electrons. The largest absolute Gasteiger partial charge is 0.347 e. The summed E-state index contributed by atoms with van der Waals surface area (Å²) in [7, 11) is 0. The molecule has 4 aliphatic rings. The van der Waals surface area contributed by atoms with E-state index < -0.39 is 0 Å². The maximum absolute atomic E-state index is 12.6. The highest BCUT2D eigenvalue weighted by molar-refractivity contribution is 9.10. The zero-order valence-electron chi connectivity index (χ0n) is 11.9. The Kier molecular flexibility index (Phi) is 3.34. The fraction of sp³-hybridized carbons (Fsp3) is 0.588. The second-order valence-corrected chi connectivity index (χ2v) is 8.54. The van der Waals surface area contributed by atoms with Crippen molar-refractivity contribution >= 4 is 33.4 Å². The second kappa shape index (κ2) is 4.99. The number of hydrogen-bond donors (Lipinski definition) is 1. The van der Waals surface area contributed by atoms with E-state index in [4.69, 9.17) is 11.6 Å². The molecule has 1 amide bonds. The van der Waals surface area contributed by atoms with E-state index in [1.807, 2.05) is 12.1 Å². The van der Waals surface area contributed by atoms with Crippen LogP contribution in [0.1, 0.15) is 48.9 Å². The van der Waals surface area contributed by atoms with Crippen LogP contribution in [-0.4, -0.2) is 11.4 Å². The number of hydrogen-bond acceptors (Lipinski definition) is 1. The van der Waals surface area contributed by atoms with Gasteiger partial charge in [-0.1, -0.05) is 11.6 Å². The standard InChI is InChI=1S/C17H19BrClNO/c18-14-2-1-13(6-15(14)19)16(21)20-17-7-10-3-11(8-17)5-12(4-10)9-17/h1-2,6,10-12H,3-5,7-9H2,(H,20,21). The van der Waals surface area contributed by atoms with E-state index in [2.05, 4.69) is 21.2 Å². The van der Waals surface area contributed by atoms with Crippen LogP contribution >= 0.6 is 27.5 Å². The van der Waals surface area contributed by atoms with Gasteiger partial charge in [-0.25, -0.2) is 0 Å². The van der Waals surface area contributed by atoms with Crippen LogP contribution in [-0.2, 0) is 0 Å². The SMILES string of the molecule is O=C(NC12CC3CC(CC(C3)C1)C2)c1ccc(Br)c(Cl)c1. The summed E-state index contributed by atoms with van der Waals surface area (Å²) in [6.45, 7) is 0. The van der Waals surface area contributed by atoms with E-state index in [9.17, 15) is 4.79 Å². The van der Waals surface area contributed by atoms with Crippen molar-refractivity contribution in [3.05, 3.63) is 33.3 Å². The minimum Gasteiger partial charge on any atom is -0.347 e. The molecule has 4 fully saturated rings. The Labute approximate surface area is 138 Å². The van der Waals surface area contributed by atoms with Crippen molar-refractivity contribution in [1.82, 2.24) is 5.32 Å². The first kappa shape index (κ1) is 14.1. The molecule has 4 heteroatoms. The predicted molar refractivity (Wildman–Crippen MR) is 87.5 cm³/mol. The van der Waals surface area contributed by atoms with Crippen LogP contribution in [0.3, 0.4) is 0 Å². The van der Waals surface area contributed by atoms with E-state index in [1.165, 1.54) is 38.5 Å². The molecule has 4 saturated carbocycles. The van der Waals surface area contributed by atoms with Crippen molar-refractivity contribution in [2.24, 2.45) is 17.8 Å². The van der Waals surface area contributed by atoms with Crippen molar-refractivity contribution in [3.8, 4) is 0 Å². The normalized spacial score (nSPS) is 36.8. The van der Waals surface area contributed by atoms with Gasteiger partial charge in [0.25, 0.3) is 5.91 Å². The van der Waals surface area contributed by atoms with E-state index in [0.717, 1.165) is 22.2 Å². The summed E-state index contributed by atoms with van der Waals surface area (Å²) in [5, 5.41) is 3.97. The van der Waals surface area contributed by atoms with Gasteiger partial charge in [-0.3, -0.25) is 4.79 Å². The Morgan fingerprint density at radius 1 is 1.14 bits per heavy atom. The van der Waals surface area contributed by atoms with Crippen LogP contribution in [0.15, 0.2) is 22.7 Å². The first-order valence-electron chi connectivity index (χ1n) is 7.81. The maximum atomic E-state index is 12.6. The van der Waals surface area contributed by atoms with Gasteiger partial charge < -0.3 is 5.32 Å². The van der Waals surface area contributed by atoms with Gasteiger partial charge in [0, 0.05) is 15.6 Å². The lowest BCUT2D eigenvalue weighted by Gasteiger charge is -2.56. The monoisotopic (exact) mass is 367 g/mol. The fourth-order valence-electron chi connectivity index (χ4n) is 5.21. The maximum Gasteiger partial charge on any atom is 0.251 e. The van der Waals surface area contributed by atoms with E-state index in [1.54, 1.807) is 6.07 Å². The van der Waals surface area contributed by atoms with Gasteiger partial charge in [-0.15, -0.1) is 0 Å². The average molecular weight is 369 g/mol. The molecule has 4 bridgehead atoms. The van der Waals surface area contributed by atoms with Crippen molar-refractivity contribution in [1.29, 1.82) is 0 Å². The minimum absolute atomic E-state index is 0.0337. The molecule has 5 rings (SSSR count). The third kappa shape index (κ3) is 2.53. The summed E-state index contributed by atoms with van der Waals surface area (Å²) in [4.78, 5) is 12.6. The van der Waals surface area contributed by atoms with Gasteiger partial charge in [-0.2, -0.15) is 0 Å². The number of halogens is 2. The first-order chi connectivity index (χ1) is 10.0. The van der Waals surface area contributed by atoms with Gasteiger partial charge in [0.2, 0.25) is 0 Å². The molecule has 1 aromatic carbocycles. The molecule has 0 aliphatic heterocycles. The number of nitrogens with one attached hydrogen (secondary N) is 1. The van der Waals surface area contributed by atoms with Gasteiger partial charge >= 0.3 is 0 Å². The van der Waals surface area contributed by atoms with Crippen LogP contribution in [0.4, 0.5) is 0 Å². The van der Waals surface area contributed by atoms with Crippen molar-refractivity contribution in [2.75, 3.05) is 0 Å². The van der Waals surface area contributed by atoms with E-state index in [0.29, 0.717) is 10.6 Å².